The molecule has 0 saturated heterocycles. The fraction of sp³-hybridized carbons (Fsp3) is 0.316. The number of nitrogens with zero attached hydrogens (tertiary/aromatic N) is 1. The zero-order valence-electron chi connectivity index (χ0n) is 15.1. The number of carbonyl (C=O) groups is 1. The summed E-state index contributed by atoms with van der Waals surface area (Å²) in [5.41, 5.74) is 1.18. The van der Waals surface area contributed by atoms with Crippen LogP contribution in [-0.4, -0.2) is 33.2 Å². The third-order valence-corrected chi connectivity index (χ3v) is 5.60. The van der Waals surface area contributed by atoms with Gasteiger partial charge in [0.2, 0.25) is 10.0 Å². The molecule has 8 heteroatoms. The molecule has 0 bridgehead atoms. The number of hydrogen-bond acceptors (Lipinski definition) is 4. The SMILES string of the molecule is C[C@H](NC(=O)[C@H]1CCN(S(C)(=O)=O)c2ccccc2O1)c1ccc(F)cc1. The van der Waals surface area contributed by atoms with Crippen LogP contribution in [0.5, 0.6) is 5.75 Å². The summed E-state index contributed by atoms with van der Waals surface area (Å²) in [5.74, 6) is -0.353. The summed E-state index contributed by atoms with van der Waals surface area (Å²) < 4.78 is 44.3. The summed E-state index contributed by atoms with van der Waals surface area (Å²) in [7, 11) is -3.50. The number of carbonyl (C=O) groups excluding carboxylic acids is 1. The van der Waals surface area contributed by atoms with Gasteiger partial charge in [-0.25, -0.2) is 12.8 Å². The molecule has 0 radical (unpaired) electrons. The number of rotatable bonds is 4. The van der Waals surface area contributed by atoms with E-state index in [0.717, 1.165) is 11.8 Å². The van der Waals surface area contributed by atoms with Crippen molar-refractivity contribution in [2.45, 2.75) is 25.5 Å². The zero-order valence-corrected chi connectivity index (χ0v) is 15.9. The molecule has 2 aromatic carbocycles. The van der Waals surface area contributed by atoms with Crippen molar-refractivity contribution in [3.8, 4) is 5.75 Å². The molecule has 1 N–H and O–H groups in total. The van der Waals surface area contributed by atoms with Gasteiger partial charge in [0.25, 0.3) is 5.91 Å². The van der Waals surface area contributed by atoms with Crippen LogP contribution in [0.2, 0.25) is 0 Å². The third kappa shape index (κ3) is 4.39. The van der Waals surface area contributed by atoms with Crippen LogP contribution >= 0.6 is 0 Å². The number of para-hydroxylation sites is 2. The Labute approximate surface area is 158 Å². The van der Waals surface area contributed by atoms with E-state index >= 15 is 0 Å². The Hall–Kier alpha value is -2.61. The summed E-state index contributed by atoms with van der Waals surface area (Å²) in [6, 6.07) is 12.3. The number of ether oxygens (including phenoxy) is 1. The Kier molecular flexibility index (Phi) is 5.36. The summed E-state index contributed by atoms with van der Waals surface area (Å²) in [5, 5.41) is 2.84. The summed E-state index contributed by atoms with van der Waals surface area (Å²) >= 11 is 0. The first-order valence-electron chi connectivity index (χ1n) is 8.55. The first-order valence-corrected chi connectivity index (χ1v) is 10.4. The highest BCUT2D eigenvalue weighted by Gasteiger charge is 2.31. The van der Waals surface area contributed by atoms with Gasteiger partial charge in [-0.1, -0.05) is 24.3 Å². The van der Waals surface area contributed by atoms with Gasteiger partial charge in [-0.05, 0) is 36.8 Å². The van der Waals surface area contributed by atoms with Gasteiger partial charge in [0.15, 0.2) is 6.10 Å². The lowest BCUT2D eigenvalue weighted by Gasteiger charge is -2.20. The predicted molar refractivity (Wildman–Crippen MR) is 101 cm³/mol. The van der Waals surface area contributed by atoms with E-state index in [1.54, 1.807) is 43.3 Å². The van der Waals surface area contributed by atoms with E-state index in [4.69, 9.17) is 4.74 Å². The first kappa shape index (κ1) is 19.2. The molecule has 0 aliphatic carbocycles. The molecule has 0 fully saturated rings. The van der Waals surface area contributed by atoms with Crippen LogP contribution in [-0.2, 0) is 14.8 Å². The molecule has 144 valence electrons. The van der Waals surface area contributed by atoms with E-state index in [0.29, 0.717) is 11.4 Å². The fourth-order valence-corrected chi connectivity index (χ4v) is 3.95. The zero-order chi connectivity index (χ0) is 19.6. The Bertz CT molecular complexity index is 931. The maximum Gasteiger partial charge on any atom is 0.261 e. The molecule has 0 unspecified atom stereocenters. The third-order valence-electron chi connectivity index (χ3n) is 4.42. The van der Waals surface area contributed by atoms with Gasteiger partial charge in [-0.2, -0.15) is 0 Å². The molecule has 0 spiro atoms. The van der Waals surface area contributed by atoms with Crippen molar-refractivity contribution >= 4 is 21.6 Å². The number of benzene rings is 2. The topological polar surface area (TPSA) is 75.7 Å². The summed E-state index contributed by atoms with van der Waals surface area (Å²) in [6.07, 6.45) is 0.505. The van der Waals surface area contributed by atoms with E-state index in [-0.39, 0.29) is 30.7 Å². The second kappa shape index (κ2) is 7.56. The van der Waals surface area contributed by atoms with Crippen LogP contribution in [0.4, 0.5) is 10.1 Å². The molecule has 1 aliphatic heterocycles. The van der Waals surface area contributed by atoms with Gasteiger partial charge < -0.3 is 10.1 Å². The smallest absolute Gasteiger partial charge is 0.261 e. The maximum atomic E-state index is 13.1. The monoisotopic (exact) mass is 392 g/mol. The quantitative estimate of drug-likeness (QED) is 0.868. The normalized spacial score (nSPS) is 18.0. The molecule has 0 saturated carbocycles. The largest absolute Gasteiger partial charge is 0.478 e. The highest BCUT2D eigenvalue weighted by atomic mass is 32.2. The molecule has 6 nitrogen and oxygen atoms in total. The number of halogens is 1. The van der Waals surface area contributed by atoms with Crippen molar-refractivity contribution in [1.29, 1.82) is 0 Å². The molecule has 2 aromatic rings. The van der Waals surface area contributed by atoms with E-state index < -0.39 is 16.1 Å². The highest BCUT2D eigenvalue weighted by Crippen LogP contribution is 2.33. The summed E-state index contributed by atoms with van der Waals surface area (Å²) in [4.78, 5) is 12.7. The van der Waals surface area contributed by atoms with Crippen molar-refractivity contribution in [2.24, 2.45) is 0 Å². The standard InChI is InChI=1S/C19H21FN2O4S/c1-13(14-7-9-15(20)10-8-14)21-19(23)18-11-12-22(27(2,24)25)16-5-3-4-6-17(16)26-18/h3-10,13,18H,11-12H2,1-2H3,(H,21,23)/t13-,18+/m0/s1. The van der Waals surface area contributed by atoms with Crippen molar-refractivity contribution in [3.05, 3.63) is 59.9 Å². The number of hydrogen-bond donors (Lipinski definition) is 1. The van der Waals surface area contributed by atoms with Gasteiger partial charge in [0.1, 0.15) is 11.6 Å². The van der Waals surface area contributed by atoms with Crippen LogP contribution in [0.25, 0.3) is 0 Å². The van der Waals surface area contributed by atoms with Crippen molar-refractivity contribution < 1.29 is 22.3 Å². The second-order valence-electron chi connectivity index (χ2n) is 6.48. The molecule has 27 heavy (non-hydrogen) atoms. The van der Waals surface area contributed by atoms with Gasteiger partial charge in [-0.3, -0.25) is 9.10 Å². The van der Waals surface area contributed by atoms with E-state index in [9.17, 15) is 17.6 Å². The molecule has 2 atom stereocenters. The number of anilines is 1. The Balaban J connectivity index is 1.78. The molecular formula is C19H21FN2O4S. The van der Waals surface area contributed by atoms with Crippen molar-refractivity contribution in [1.82, 2.24) is 5.32 Å². The van der Waals surface area contributed by atoms with E-state index in [1.807, 2.05) is 0 Å². The lowest BCUT2D eigenvalue weighted by molar-refractivity contribution is -0.128. The Morgan fingerprint density at radius 1 is 1.22 bits per heavy atom. The number of fused-ring (bicyclic) bond motifs is 1. The average molecular weight is 392 g/mol. The van der Waals surface area contributed by atoms with Gasteiger partial charge in [0, 0.05) is 13.0 Å². The minimum absolute atomic E-state index is 0.138. The molecule has 1 amide bonds. The average Bonchev–Trinajstić information content (AvgIpc) is 2.81. The minimum atomic E-state index is -3.50. The molecule has 1 aliphatic rings. The van der Waals surface area contributed by atoms with Gasteiger partial charge in [0.05, 0.1) is 18.0 Å². The molecule has 0 aromatic heterocycles. The minimum Gasteiger partial charge on any atom is -0.478 e. The fourth-order valence-electron chi connectivity index (χ4n) is 3.00. The van der Waals surface area contributed by atoms with Crippen molar-refractivity contribution in [2.75, 3.05) is 17.1 Å². The van der Waals surface area contributed by atoms with Crippen LogP contribution in [0.3, 0.4) is 0 Å². The molecule has 1 heterocycles. The number of nitrogens with one attached hydrogen (secondary N) is 1. The van der Waals surface area contributed by atoms with Crippen LogP contribution in [0.1, 0.15) is 24.9 Å². The second-order valence-corrected chi connectivity index (χ2v) is 8.39. The van der Waals surface area contributed by atoms with Crippen molar-refractivity contribution in [3.63, 3.8) is 0 Å². The highest BCUT2D eigenvalue weighted by molar-refractivity contribution is 7.92. The Morgan fingerprint density at radius 2 is 1.89 bits per heavy atom. The van der Waals surface area contributed by atoms with E-state index in [2.05, 4.69) is 5.32 Å². The molecular weight excluding hydrogens is 371 g/mol. The lowest BCUT2D eigenvalue weighted by Crippen LogP contribution is -2.40. The van der Waals surface area contributed by atoms with Gasteiger partial charge >= 0.3 is 0 Å². The molecule has 3 rings (SSSR count). The first-order chi connectivity index (χ1) is 12.8. The van der Waals surface area contributed by atoms with Crippen LogP contribution < -0.4 is 14.4 Å². The number of sulfonamides is 1. The van der Waals surface area contributed by atoms with E-state index in [1.165, 1.54) is 16.4 Å². The lowest BCUT2D eigenvalue weighted by atomic mass is 10.1. The van der Waals surface area contributed by atoms with Crippen LogP contribution in [0.15, 0.2) is 48.5 Å². The maximum absolute atomic E-state index is 13.1. The summed E-state index contributed by atoms with van der Waals surface area (Å²) in [6.45, 7) is 1.93. The van der Waals surface area contributed by atoms with Crippen LogP contribution in [0, 0.1) is 5.82 Å². The Morgan fingerprint density at radius 3 is 2.56 bits per heavy atom. The van der Waals surface area contributed by atoms with Gasteiger partial charge in [-0.15, -0.1) is 0 Å². The number of amides is 1. The predicted octanol–water partition coefficient (Wildman–Crippen LogP) is 2.62.